The number of aromatic nitrogens is 2. The molecule has 0 bridgehead atoms. The van der Waals surface area contributed by atoms with Gasteiger partial charge in [-0.15, -0.1) is 0 Å². The van der Waals surface area contributed by atoms with Crippen LogP contribution in [-0.4, -0.2) is 9.97 Å². The lowest BCUT2D eigenvalue weighted by atomic mass is 10.1. The lowest BCUT2D eigenvalue weighted by Gasteiger charge is -2.08. The van der Waals surface area contributed by atoms with Crippen molar-refractivity contribution in [2.24, 2.45) is 0 Å². The molecule has 3 nitrogen and oxygen atoms in total. The minimum atomic E-state index is 0.784. The molecule has 0 saturated heterocycles. The van der Waals surface area contributed by atoms with Gasteiger partial charge in [0.15, 0.2) is 0 Å². The van der Waals surface area contributed by atoms with Crippen LogP contribution in [0.25, 0.3) is 0 Å². The number of hydrogen-bond donors (Lipinski definition) is 2. The predicted molar refractivity (Wildman–Crippen MR) is 66.5 cm³/mol. The molecule has 1 heterocycles. The van der Waals surface area contributed by atoms with Gasteiger partial charge in [-0.3, -0.25) is 0 Å². The van der Waals surface area contributed by atoms with Gasteiger partial charge in [0.2, 0.25) is 0 Å². The first kappa shape index (κ1) is 10.7. The first-order valence-electron chi connectivity index (χ1n) is 5.60. The zero-order valence-corrected chi connectivity index (χ0v) is 9.75. The van der Waals surface area contributed by atoms with Crippen molar-refractivity contribution in [2.45, 2.75) is 26.8 Å². The second-order valence-corrected chi connectivity index (χ2v) is 3.93. The number of aryl methyl sites for hydroxylation is 2. The fourth-order valence-corrected chi connectivity index (χ4v) is 1.74. The van der Waals surface area contributed by atoms with Gasteiger partial charge in [0.1, 0.15) is 0 Å². The topological polar surface area (TPSA) is 40.7 Å². The van der Waals surface area contributed by atoms with Crippen LogP contribution in [0.5, 0.6) is 0 Å². The van der Waals surface area contributed by atoms with Gasteiger partial charge in [0.05, 0.1) is 18.6 Å². The van der Waals surface area contributed by atoms with E-state index < -0.39 is 0 Å². The highest BCUT2D eigenvalue weighted by atomic mass is 14.9. The van der Waals surface area contributed by atoms with E-state index in [2.05, 4.69) is 47.3 Å². The molecule has 0 fully saturated rings. The van der Waals surface area contributed by atoms with E-state index in [0.717, 1.165) is 24.3 Å². The van der Waals surface area contributed by atoms with Crippen molar-refractivity contribution in [1.29, 1.82) is 0 Å². The first-order valence-corrected chi connectivity index (χ1v) is 5.60. The molecule has 0 aliphatic heterocycles. The monoisotopic (exact) mass is 215 g/mol. The van der Waals surface area contributed by atoms with Crippen LogP contribution in [0.2, 0.25) is 0 Å². The molecule has 84 valence electrons. The molecule has 2 N–H and O–H groups in total. The van der Waals surface area contributed by atoms with Crippen molar-refractivity contribution in [3.8, 4) is 0 Å². The molecule has 16 heavy (non-hydrogen) atoms. The first-order chi connectivity index (χ1) is 7.79. The van der Waals surface area contributed by atoms with Crippen LogP contribution >= 0.6 is 0 Å². The third-order valence-corrected chi connectivity index (χ3v) is 2.77. The Labute approximate surface area is 95.9 Å². The minimum Gasteiger partial charge on any atom is -0.379 e. The van der Waals surface area contributed by atoms with Crippen molar-refractivity contribution in [3.05, 3.63) is 47.5 Å². The summed E-state index contributed by atoms with van der Waals surface area (Å²) >= 11 is 0. The van der Waals surface area contributed by atoms with Crippen molar-refractivity contribution < 1.29 is 0 Å². The summed E-state index contributed by atoms with van der Waals surface area (Å²) < 4.78 is 0. The Kier molecular flexibility index (Phi) is 3.25. The summed E-state index contributed by atoms with van der Waals surface area (Å²) in [5, 5.41) is 3.38. The third kappa shape index (κ3) is 2.42. The quantitative estimate of drug-likeness (QED) is 0.823. The summed E-state index contributed by atoms with van der Waals surface area (Å²) in [4.78, 5) is 7.06. The largest absolute Gasteiger partial charge is 0.379 e. The maximum Gasteiger partial charge on any atom is 0.0922 e. The number of imidazole rings is 1. The van der Waals surface area contributed by atoms with Crippen LogP contribution < -0.4 is 5.32 Å². The van der Waals surface area contributed by atoms with Gasteiger partial charge in [0, 0.05) is 11.9 Å². The van der Waals surface area contributed by atoms with Crippen molar-refractivity contribution >= 4 is 5.69 Å². The number of rotatable bonds is 4. The standard InChI is InChI=1S/C13H17N3/c1-3-11-6-12(5-4-10(11)2)15-8-13-7-14-9-16-13/h4-7,9,15H,3,8H2,1-2H3,(H,14,16). The lowest BCUT2D eigenvalue weighted by Crippen LogP contribution is -2.00. The van der Waals surface area contributed by atoms with Crippen LogP contribution in [-0.2, 0) is 13.0 Å². The highest BCUT2D eigenvalue weighted by molar-refractivity contribution is 5.48. The van der Waals surface area contributed by atoms with Crippen LogP contribution in [0, 0.1) is 6.92 Å². The zero-order valence-electron chi connectivity index (χ0n) is 9.75. The van der Waals surface area contributed by atoms with Gasteiger partial charge in [0.25, 0.3) is 0 Å². The second-order valence-electron chi connectivity index (χ2n) is 3.93. The molecule has 2 rings (SSSR count). The van der Waals surface area contributed by atoms with E-state index >= 15 is 0 Å². The molecule has 0 atom stereocenters. The highest BCUT2D eigenvalue weighted by Gasteiger charge is 1.99. The molecule has 3 heteroatoms. The predicted octanol–water partition coefficient (Wildman–Crippen LogP) is 2.89. The summed E-state index contributed by atoms with van der Waals surface area (Å²) in [6, 6.07) is 6.49. The van der Waals surface area contributed by atoms with Gasteiger partial charge in [-0.05, 0) is 36.6 Å². The van der Waals surface area contributed by atoms with Crippen LogP contribution in [0.3, 0.4) is 0 Å². The lowest BCUT2D eigenvalue weighted by molar-refractivity contribution is 1.06. The Morgan fingerprint density at radius 2 is 2.25 bits per heavy atom. The Balaban J connectivity index is 2.04. The zero-order chi connectivity index (χ0) is 11.4. The number of anilines is 1. The number of hydrogen-bond acceptors (Lipinski definition) is 2. The van der Waals surface area contributed by atoms with E-state index in [-0.39, 0.29) is 0 Å². The van der Waals surface area contributed by atoms with Gasteiger partial charge in [-0.1, -0.05) is 13.0 Å². The van der Waals surface area contributed by atoms with Crippen LogP contribution in [0.4, 0.5) is 5.69 Å². The van der Waals surface area contributed by atoms with Crippen molar-refractivity contribution in [3.63, 3.8) is 0 Å². The summed E-state index contributed by atoms with van der Waals surface area (Å²) in [6.07, 6.45) is 4.61. The maximum absolute atomic E-state index is 3.99. The van der Waals surface area contributed by atoms with Crippen LogP contribution in [0.1, 0.15) is 23.7 Å². The number of benzene rings is 1. The normalized spacial score (nSPS) is 10.4. The van der Waals surface area contributed by atoms with Gasteiger partial charge >= 0.3 is 0 Å². The summed E-state index contributed by atoms with van der Waals surface area (Å²) in [5.74, 6) is 0. The maximum atomic E-state index is 3.99. The number of aromatic amines is 1. The third-order valence-electron chi connectivity index (χ3n) is 2.77. The SMILES string of the molecule is CCc1cc(NCc2cnc[nH]2)ccc1C. The molecule has 0 spiro atoms. The van der Waals surface area contributed by atoms with Crippen molar-refractivity contribution in [1.82, 2.24) is 9.97 Å². The van der Waals surface area contributed by atoms with E-state index in [9.17, 15) is 0 Å². The Morgan fingerprint density at radius 1 is 1.38 bits per heavy atom. The number of nitrogens with zero attached hydrogens (tertiary/aromatic N) is 1. The van der Waals surface area contributed by atoms with Crippen LogP contribution in [0.15, 0.2) is 30.7 Å². The minimum absolute atomic E-state index is 0.784. The molecule has 0 unspecified atom stereocenters. The molecular weight excluding hydrogens is 198 g/mol. The highest BCUT2D eigenvalue weighted by Crippen LogP contribution is 2.16. The molecule has 0 aliphatic rings. The summed E-state index contributed by atoms with van der Waals surface area (Å²) in [6.45, 7) is 5.12. The van der Waals surface area contributed by atoms with Gasteiger partial charge in [-0.2, -0.15) is 0 Å². The molecule has 0 amide bonds. The molecule has 0 radical (unpaired) electrons. The molecule has 1 aromatic carbocycles. The van der Waals surface area contributed by atoms with Gasteiger partial charge in [-0.25, -0.2) is 4.98 Å². The summed E-state index contributed by atoms with van der Waals surface area (Å²) in [7, 11) is 0. The van der Waals surface area contributed by atoms with Gasteiger partial charge < -0.3 is 10.3 Å². The average molecular weight is 215 g/mol. The fourth-order valence-electron chi connectivity index (χ4n) is 1.74. The summed E-state index contributed by atoms with van der Waals surface area (Å²) in [5.41, 5.74) is 5.01. The Hall–Kier alpha value is -1.77. The van der Waals surface area contributed by atoms with E-state index in [4.69, 9.17) is 0 Å². The molecule has 2 aromatic rings. The fraction of sp³-hybridized carbons (Fsp3) is 0.308. The Morgan fingerprint density at radius 3 is 2.94 bits per heavy atom. The van der Waals surface area contributed by atoms with E-state index in [1.807, 2.05) is 6.20 Å². The Bertz CT molecular complexity index is 446. The number of H-pyrrole nitrogens is 1. The average Bonchev–Trinajstić information content (AvgIpc) is 2.81. The smallest absolute Gasteiger partial charge is 0.0922 e. The second kappa shape index (κ2) is 4.84. The molecule has 1 aromatic heterocycles. The molecular formula is C13H17N3. The van der Waals surface area contributed by atoms with E-state index in [0.29, 0.717) is 0 Å². The number of nitrogens with one attached hydrogen (secondary N) is 2. The molecule has 0 saturated carbocycles. The molecule has 0 aliphatic carbocycles. The van der Waals surface area contributed by atoms with E-state index in [1.54, 1.807) is 6.33 Å². The van der Waals surface area contributed by atoms with Crippen molar-refractivity contribution in [2.75, 3.05) is 5.32 Å². The van der Waals surface area contributed by atoms with E-state index in [1.165, 1.54) is 11.1 Å².